The van der Waals surface area contributed by atoms with Crippen LogP contribution in [0.25, 0.3) is 10.9 Å². The first-order chi connectivity index (χ1) is 10.3. The summed E-state index contributed by atoms with van der Waals surface area (Å²) < 4.78 is 15.2. The molecule has 0 radical (unpaired) electrons. The van der Waals surface area contributed by atoms with Crippen molar-refractivity contribution in [3.05, 3.63) is 66.1 Å². The van der Waals surface area contributed by atoms with Crippen molar-refractivity contribution in [3.63, 3.8) is 0 Å². The van der Waals surface area contributed by atoms with Gasteiger partial charge in [0.05, 0.1) is 11.6 Å². The number of nitrogens with zero attached hydrogens (tertiary/aromatic N) is 2. The molecule has 0 aliphatic carbocycles. The number of aromatic nitrogens is 1. The first-order valence-electron chi connectivity index (χ1n) is 6.75. The minimum atomic E-state index is -0.245. The maximum absolute atomic E-state index is 13.1. The van der Waals surface area contributed by atoms with Gasteiger partial charge >= 0.3 is 0 Å². The van der Waals surface area contributed by atoms with E-state index in [-0.39, 0.29) is 5.82 Å². The summed E-state index contributed by atoms with van der Waals surface area (Å²) in [4.78, 5) is 0. The molecular weight excluding hydrogens is 265 g/mol. The van der Waals surface area contributed by atoms with Gasteiger partial charge in [0, 0.05) is 35.9 Å². The fourth-order valence-electron chi connectivity index (χ4n) is 2.44. The van der Waals surface area contributed by atoms with Gasteiger partial charge in [0.25, 0.3) is 0 Å². The van der Waals surface area contributed by atoms with Crippen LogP contribution in [0, 0.1) is 17.1 Å². The van der Waals surface area contributed by atoms with E-state index in [1.165, 1.54) is 12.1 Å². The molecule has 21 heavy (non-hydrogen) atoms. The van der Waals surface area contributed by atoms with Crippen LogP contribution in [-0.2, 0) is 6.54 Å². The van der Waals surface area contributed by atoms with E-state index in [4.69, 9.17) is 5.26 Å². The van der Waals surface area contributed by atoms with Gasteiger partial charge in [-0.2, -0.15) is 5.26 Å². The van der Waals surface area contributed by atoms with Crippen molar-refractivity contribution in [2.45, 2.75) is 6.54 Å². The van der Waals surface area contributed by atoms with Gasteiger partial charge in [-0.15, -0.1) is 0 Å². The zero-order chi connectivity index (χ0) is 14.7. The molecule has 0 fully saturated rings. The first kappa shape index (κ1) is 13.2. The van der Waals surface area contributed by atoms with E-state index in [9.17, 15) is 4.39 Å². The molecular formula is C17H14FN3. The summed E-state index contributed by atoms with van der Waals surface area (Å²) in [6.07, 6.45) is 1.97. The minimum absolute atomic E-state index is 0.245. The zero-order valence-electron chi connectivity index (χ0n) is 11.4. The average Bonchev–Trinajstić information content (AvgIpc) is 2.91. The SMILES string of the molecule is N#Cc1cccc2c1ccn2CCNc1cccc(F)c1. The molecule has 0 bridgehead atoms. The zero-order valence-corrected chi connectivity index (χ0v) is 11.4. The van der Waals surface area contributed by atoms with Crippen molar-refractivity contribution in [3.8, 4) is 6.07 Å². The third kappa shape index (κ3) is 2.72. The summed E-state index contributed by atoms with van der Waals surface area (Å²) >= 11 is 0. The van der Waals surface area contributed by atoms with Crippen LogP contribution in [0.5, 0.6) is 0 Å². The molecule has 0 unspecified atom stereocenters. The van der Waals surface area contributed by atoms with Crippen molar-refractivity contribution >= 4 is 16.6 Å². The van der Waals surface area contributed by atoms with Crippen molar-refractivity contribution in [1.29, 1.82) is 5.26 Å². The Kier molecular flexibility index (Phi) is 3.57. The van der Waals surface area contributed by atoms with Gasteiger partial charge in [-0.3, -0.25) is 0 Å². The van der Waals surface area contributed by atoms with Gasteiger partial charge in [0.1, 0.15) is 5.82 Å². The van der Waals surface area contributed by atoms with Crippen LogP contribution in [0.4, 0.5) is 10.1 Å². The number of rotatable bonds is 4. The largest absolute Gasteiger partial charge is 0.383 e. The highest BCUT2D eigenvalue weighted by Gasteiger charge is 2.04. The summed E-state index contributed by atoms with van der Waals surface area (Å²) in [6, 6.07) is 16.3. The molecule has 4 heteroatoms. The van der Waals surface area contributed by atoms with Gasteiger partial charge in [-0.25, -0.2) is 4.39 Å². The van der Waals surface area contributed by atoms with E-state index in [1.54, 1.807) is 6.07 Å². The minimum Gasteiger partial charge on any atom is -0.383 e. The van der Waals surface area contributed by atoms with Crippen LogP contribution >= 0.6 is 0 Å². The third-order valence-corrected chi connectivity index (χ3v) is 3.44. The normalized spacial score (nSPS) is 10.5. The second kappa shape index (κ2) is 5.68. The lowest BCUT2D eigenvalue weighted by Gasteiger charge is -2.08. The summed E-state index contributed by atoms with van der Waals surface area (Å²) in [5, 5.41) is 13.2. The van der Waals surface area contributed by atoms with Crippen molar-refractivity contribution in [1.82, 2.24) is 4.57 Å². The Morgan fingerprint density at radius 2 is 2.00 bits per heavy atom. The smallest absolute Gasteiger partial charge is 0.125 e. The summed E-state index contributed by atoms with van der Waals surface area (Å²) in [5.74, 6) is -0.245. The molecule has 0 amide bonds. The lowest BCUT2D eigenvalue weighted by atomic mass is 10.1. The highest BCUT2D eigenvalue weighted by molar-refractivity contribution is 5.85. The van der Waals surface area contributed by atoms with Crippen LogP contribution in [0.1, 0.15) is 5.56 Å². The summed E-state index contributed by atoms with van der Waals surface area (Å²) in [5.41, 5.74) is 2.49. The molecule has 0 aliphatic rings. The van der Waals surface area contributed by atoms with Crippen LogP contribution in [0.2, 0.25) is 0 Å². The highest BCUT2D eigenvalue weighted by Crippen LogP contribution is 2.19. The Morgan fingerprint density at radius 3 is 2.81 bits per heavy atom. The quantitative estimate of drug-likeness (QED) is 0.790. The molecule has 0 saturated carbocycles. The number of nitriles is 1. The lowest BCUT2D eigenvalue weighted by Crippen LogP contribution is -2.09. The second-order valence-electron chi connectivity index (χ2n) is 4.80. The van der Waals surface area contributed by atoms with E-state index in [0.29, 0.717) is 12.1 Å². The molecule has 2 aromatic carbocycles. The number of anilines is 1. The number of benzene rings is 2. The van der Waals surface area contributed by atoms with Gasteiger partial charge in [-0.1, -0.05) is 12.1 Å². The standard InChI is InChI=1S/C17H14FN3/c18-14-4-2-5-15(11-14)20-8-10-21-9-7-16-13(12-19)3-1-6-17(16)21/h1-7,9,11,20H,8,10H2. The Bertz CT molecular complexity index is 814. The first-order valence-corrected chi connectivity index (χ1v) is 6.75. The van der Waals surface area contributed by atoms with Gasteiger partial charge in [0.15, 0.2) is 0 Å². The molecule has 1 aromatic heterocycles. The molecule has 3 rings (SSSR count). The van der Waals surface area contributed by atoms with E-state index < -0.39 is 0 Å². The molecule has 0 spiro atoms. The van der Waals surface area contributed by atoms with Crippen molar-refractivity contribution in [2.75, 3.05) is 11.9 Å². The average molecular weight is 279 g/mol. The van der Waals surface area contributed by atoms with Crippen LogP contribution in [0.15, 0.2) is 54.7 Å². The Hall–Kier alpha value is -2.80. The van der Waals surface area contributed by atoms with Gasteiger partial charge in [0.2, 0.25) is 0 Å². The second-order valence-corrected chi connectivity index (χ2v) is 4.80. The molecule has 3 nitrogen and oxygen atoms in total. The predicted molar refractivity (Wildman–Crippen MR) is 81.5 cm³/mol. The molecule has 104 valence electrons. The summed E-state index contributed by atoms with van der Waals surface area (Å²) in [6.45, 7) is 1.43. The Morgan fingerprint density at radius 1 is 1.14 bits per heavy atom. The molecule has 3 aromatic rings. The molecule has 1 heterocycles. The summed E-state index contributed by atoms with van der Waals surface area (Å²) in [7, 11) is 0. The Labute approximate surface area is 122 Å². The number of fused-ring (bicyclic) bond motifs is 1. The predicted octanol–water partition coefficient (Wildman–Crippen LogP) is 3.76. The van der Waals surface area contributed by atoms with Crippen molar-refractivity contribution < 1.29 is 4.39 Å². The number of halogens is 1. The third-order valence-electron chi connectivity index (χ3n) is 3.44. The maximum atomic E-state index is 13.1. The van der Waals surface area contributed by atoms with Crippen LogP contribution in [0.3, 0.4) is 0 Å². The number of nitrogens with one attached hydrogen (secondary N) is 1. The molecule has 0 atom stereocenters. The fourth-order valence-corrected chi connectivity index (χ4v) is 2.44. The van der Waals surface area contributed by atoms with Gasteiger partial charge in [-0.05, 0) is 36.4 Å². The van der Waals surface area contributed by atoms with Gasteiger partial charge < -0.3 is 9.88 Å². The number of hydrogen-bond donors (Lipinski definition) is 1. The fraction of sp³-hybridized carbons (Fsp3) is 0.118. The van der Waals surface area contributed by atoms with Crippen LogP contribution in [-0.4, -0.2) is 11.1 Å². The Balaban J connectivity index is 1.73. The maximum Gasteiger partial charge on any atom is 0.125 e. The lowest BCUT2D eigenvalue weighted by molar-refractivity contribution is 0.628. The van der Waals surface area contributed by atoms with E-state index in [1.807, 2.05) is 36.5 Å². The van der Waals surface area contributed by atoms with Crippen molar-refractivity contribution in [2.24, 2.45) is 0 Å². The highest BCUT2D eigenvalue weighted by atomic mass is 19.1. The van der Waals surface area contributed by atoms with Crippen LogP contribution < -0.4 is 5.32 Å². The number of hydrogen-bond acceptors (Lipinski definition) is 2. The molecule has 0 aliphatic heterocycles. The van der Waals surface area contributed by atoms with E-state index in [0.717, 1.165) is 23.1 Å². The van der Waals surface area contributed by atoms with E-state index in [2.05, 4.69) is 16.0 Å². The molecule has 0 saturated heterocycles. The molecule has 1 N–H and O–H groups in total. The topological polar surface area (TPSA) is 40.8 Å². The van der Waals surface area contributed by atoms with E-state index >= 15 is 0 Å². The monoisotopic (exact) mass is 279 g/mol.